The Morgan fingerprint density at radius 2 is 1.31 bits per heavy atom. The van der Waals surface area contributed by atoms with Crippen molar-refractivity contribution in [2.24, 2.45) is 0 Å². The van der Waals surface area contributed by atoms with Gasteiger partial charge in [0.25, 0.3) is 0 Å². The van der Waals surface area contributed by atoms with Crippen molar-refractivity contribution in [2.45, 2.75) is 39.7 Å². The molecular weight excluding hydrogens is 180 g/mol. The number of hydrogen-bond donors (Lipinski definition) is 0. The van der Waals surface area contributed by atoms with Crippen LogP contribution in [0.5, 0.6) is 0 Å². The molecule has 0 aromatic heterocycles. The molecule has 0 saturated heterocycles. The van der Waals surface area contributed by atoms with Gasteiger partial charge in [0.1, 0.15) is 0 Å². The maximum Gasteiger partial charge on any atom is 0.326 e. The van der Waals surface area contributed by atoms with Crippen LogP contribution in [-0.4, -0.2) is 22.5 Å². The number of rotatable bonds is 4. The largest absolute Gasteiger partial charge is 0.397 e. The van der Waals surface area contributed by atoms with E-state index >= 15 is 0 Å². The van der Waals surface area contributed by atoms with Crippen LogP contribution in [0.15, 0.2) is 13.2 Å². The third-order valence-corrected chi connectivity index (χ3v) is 4.03. The molecule has 0 saturated carbocycles. The van der Waals surface area contributed by atoms with Gasteiger partial charge in [-0.25, -0.2) is 0 Å². The highest BCUT2D eigenvalue weighted by Crippen LogP contribution is 2.27. The molecule has 0 aliphatic rings. The van der Waals surface area contributed by atoms with Gasteiger partial charge >= 0.3 is 9.28 Å². The average molecular weight is 204 g/mol. The first-order valence-corrected chi connectivity index (χ1v) is 6.27. The fraction of sp³-hybridized carbons (Fsp3) is 0.800. The van der Waals surface area contributed by atoms with Crippen molar-refractivity contribution in [1.82, 2.24) is 0 Å². The molecule has 3 heteroatoms. The summed E-state index contributed by atoms with van der Waals surface area (Å²) in [7, 11) is -1.42. The van der Waals surface area contributed by atoms with E-state index in [1.54, 1.807) is 0 Å². The molecule has 0 aliphatic heterocycles. The summed E-state index contributed by atoms with van der Waals surface area (Å²) in [4.78, 5) is 0. The summed E-state index contributed by atoms with van der Waals surface area (Å²) in [6, 6.07) is 0. The zero-order chi connectivity index (χ0) is 10.9. The molecule has 0 aromatic carbocycles. The second-order valence-electron chi connectivity index (χ2n) is 3.61. The Kier molecular flexibility index (Phi) is 10.0. The predicted octanol–water partition coefficient (Wildman–Crippen LogP) is 2.88. The van der Waals surface area contributed by atoms with E-state index in [2.05, 4.69) is 33.9 Å². The second kappa shape index (κ2) is 8.47. The van der Waals surface area contributed by atoms with Gasteiger partial charge in [0.15, 0.2) is 0 Å². The van der Waals surface area contributed by atoms with E-state index in [9.17, 15) is 0 Å². The first-order valence-electron chi connectivity index (χ1n) is 4.75. The van der Waals surface area contributed by atoms with Gasteiger partial charge in [-0.15, -0.1) is 13.2 Å². The van der Waals surface area contributed by atoms with Gasteiger partial charge in [-0.3, -0.25) is 0 Å². The SMILES string of the molecule is C=C.CCO[SiH](OCC)C(C)(C)C. The highest BCUT2D eigenvalue weighted by molar-refractivity contribution is 6.48. The molecule has 0 rings (SSSR count). The van der Waals surface area contributed by atoms with Crippen LogP contribution < -0.4 is 0 Å². The molecule has 0 radical (unpaired) electrons. The lowest BCUT2D eigenvalue weighted by Crippen LogP contribution is -2.33. The summed E-state index contributed by atoms with van der Waals surface area (Å²) in [5, 5.41) is 0.214. The molecule has 0 bridgehead atoms. The topological polar surface area (TPSA) is 18.5 Å². The van der Waals surface area contributed by atoms with Gasteiger partial charge in [0.05, 0.1) is 0 Å². The molecule has 0 amide bonds. The van der Waals surface area contributed by atoms with Crippen molar-refractivity contribution >= 4 is 9.28 Å². The Balaban J connectivity index is 0. The zero-order valence-corrected chi connectivity index (χ0v) is 10.9. The fourth-order valence-electron chi connectivity index (χ4n) is 0.851. The van der Waals surface area contributed by atoms with Crippen molar-refractivity contribution in [2.75, 3.05) is 13.2 Å². The minimum absolute atomic E-state index is 0.214. The third-order valence-electron chi connectivity index (χ3n) is 1.34. The van der Waals surface area contributed by atoms with Gasteiger partial charge < -0.3 is 8.85 Å². The van der Waals surface area contributed by atoms with Crippen LogP contribution in [0.1, 0.15) is 34.6 Å². The smallest absolute Gasteiger partial charge is 0.326 e. The van der Waals surface area contributed by atoms with Crippen LogP contribution in [0, 0.1) is 0 Å². The van der Waals surface area contributed by atoms with Crippen LogP contribution in [0.2, 0.25) is 5.04 Å². The van der Waals surface area contributed by atoms with E-state index in [1.165, 1.54) is 0 Å². The first kappa shape index (κ1) is 15.4. The molecule has 0 atom stereocenters. The van der Waals surface area contributed by atoms with Gasteiger partial charge in [-0.05, 0) is 13.8 Å². The Morgan fingerprint density at radius 3 is 1.46 bits per heavy atom. The van der Waals surface area contributed by atoms with Crippen LogP contribution in [-0.2, 0) is 8.85 Å². The lowest BCUT2D eigenvalue weighted by Gasteiger charge is -2.27. The van der Waals surface area contributed by atoms with Crippen molar-refractivity contribution in [1.29, 1.82) is 0 Å². The molecule has 0 unspecified atom stereocenters. The van der Waals surface area contributed by atoms with Crippen molar-refractivity contribution < 1.29 is 8.85 Å². The van der Waals surface area contributed by atoms with E-state index < -0.39 is 9.28 Å². The third kappa shape index (κ3) is 8.21. The minimum Gasteiger partial charge on any atom is -0.397 e. The highest BCUT2D eigenvalue weighted by Gasteiger charge is 2.28. The Labute approximate surface area is 84.8 Å². The van der Waals surface area contributed by atoms with Crippen LogP contribution in [0.3, 0.4) is 0 Å². The molecular formula is C10H24O2Si. The number of hydrogen-bond acceptors (Lipinski definition) is 2. The van der Waals surface area contributed by atoms with Gasteiger partial charge in [0.2, 0.25) is 0 Å². The normalized spacial score (nSPS) is 10.9. The summed E-state index contributed by atoms with van der Waals surface area (Å²) < 4.78 is 11.1. The molecule has 0 aromatic rings. The van der Waals surface area contributed by atoms with Gasteiger partial charge in [0, 0.05) is 18.3 Å². The molecule has 2 nitrogen and oxygen atoms in total. The molecule has 0 heterocycles. The highest BCUT2D eigenvalue weighted by atomic mass is 28.3. The molecule has 0 N–H and O–H groups in total. The standard InChI is InChI=1S/C8H20O2Si.C2H4/c1-6-9-11(10-7-2)8(3,4)5;1-2/h11H,6-7H2,1-5H3;1-2H2. The van der Waals surface area contributed by atoms with Crippen molar-refractivity contribution in [3.05, 3.63) is 13.2 Å². The maximum atomic E-state index is 5.56. The Bertz CT molecular complexity index is 104. The Morgan fingerprint density at radius 1 is 1.00 bits per heavy atom. The maximum absolute atomic E-state index is 5.56. The molecule has 0 spiro atoms. The molecule has 0 fully saturated rings. The second-order valence-corrected chi connectivity index (χ2v) is 6.67. The summed E-state index contributed by atoms with van der Waals surface area (Å²) in [6.45, 7) is 18.1. The minimum atomic E-state index is -1.42. The van der Waals surface area contributed by atoms with E-state index in [1.807, 2.05) is 13.8 Å². The quantitative estimate of drug-likeness (QED) is 0.518. The lowest BCUT2D eigenvalue weighted by molar-refractivity contribution is 0.193. The zero-order valence-electron chi connectivity index (χ0n) is 9.72. The van der Waals surface area contributed by atoms with Crippen molar-refractivity contribution in [3.63, 3.8) is 0 Å². The summed E-state index contributed by atoms with van der Waals surface area (Å²) in [5.74, 6) is 0. The van der Waals surface area contributed by atoms with Crippen LogP contribution >= 0.6 is 0 Å². The van der Waals surface area contributed by atoms with E-state index in [0.717, 1.165) is 13.2 Å². The summed E-state index contributed by atoms with van der Waals surface area (Å²) in [5.41, 5.74) is 0. The molecule has 13 heavy (non-hydrogen) atoms. The van der Waals surface area contributed by atoms with Crippen molar-refractivity contribution in [3.8, 4) is 0 Å². The lowest BCUT2D eigenvalue weighted by atomic mass is 10.3. The first-order chi connectivity index (χ1) is 6.02. The van der Waals surface area contributed by atoms with Crippen LogP contribution in [0.4, 0.5) is 0 Å². The monoisotopic (exact) mass is 204 g/mol. The van der Waals surface area contributed by atoms with Gasteiger partial charge in [-0.1, -0.05) is 20.8 Å². The predicted molar refractivity (Wildman–Crippen MR) is 61.4 cm³/mol. The molecule has 0 aliphatic carbocycles. The average Bonchev–Trinajstić information content (AvgIpc) is 2.06. The van der Waals surface area contributed by atoms with Crippen LogP contribution in [0.25, 0.3) is 0 Å². The molecule has 80 valence electrons. The van der Waals surface area contributed by atoms with E-state index in [-0.39, 0.29) is 5.04 Å². The summed E-state index contributed by atoms with van der Waals surface area (Å²) in [6.07, 6.45) is 0. The van der Waals surface area contributed by atoms with Gasteiger partial charge in [-0.2, -0.15) is 0 Å². The summed E-state index contributed by atoms with van der Waals surface area (Å²) >= 11 is 0. The van der Waals surface area contributed by atoms with E-state index in [4.69, 9.17) is 8.85 Å². The fourth-order valence-corrected chi connectivity index (χ4v) is 2.55. The van der Waals surface area contributed by atoms with E-state index in [0.29, 0.717) is 0 Å². The Hall–Kier alpha value is -0.123.